The Labute approximate surface area is 124 Å². The van der Waals surface area contributed by atoms with Crippen molar-refractivity contribution in [3.63, 3.8) is 0 Å². The minimum Gasteiger partial charge on any atom is -0.377 e. The van der Waals surface area contributed by atoms with Crippen molar-refractivity contribution in [2.75, 3.05) is 11.1 Å². The Morgan fingerprint density at radius 2 is 1.71 bits per heavy atom. The minimum atomic E-state index is -3.29. The Morgan fingerprint density at radius 3 is 2.33 bits per heavy atom. The molecule has 21 heavy (non-hydrogen) atoms. The van der Waals surface area contributed by atoms with Crippen molar-refractivity contribution in [2.24, 2.45) is 0 Å². The summed E-state index contributed by atoms with van der Waals surface area (Å²) in [5.74, 6) is -0.240. The van der Waals surface area contributed by atoms with Gasteiger partial charge in [0.15, 0.2) is 9.84 Å². The molecule has 0 heterocycles. The van der Waals surface area contributed by atoms with E-state index in [1.54, 1.807) is 43.3 Å². The van der Waals surface area contributed by atoms with Gasteiger partial charge in [-0.05, 0) is 36.8 Å². The first kappa shape index (κ1) is 15.5. The zero-order valence-electron chi connectivity index (χ0n) is 12.0. The van der Waals surface area contributed by atoms with Crippen molar-refractivity contribution in [2.45, 2.75) is 24.8 Å². The van der Waals surface area contributed by atoms with Gasteiger partial charge in [-0.3, -0.25) is 0 Å². The number of halogens is 1. The molecule has 5 heteroatoms. The molecule has 2 aromatic carbocycles. The number of nitrogens with one attached hydrogen (secondary N) is 1. The number of sulfone groups is 1. The van der Waals surface area contributed by atoms with Crippen molar-refractivity contribution in [1.82, 2.24) is 0 Å². The standard InChI is InChI=1S/C16H18FNO2S/c1-3-21(19,20)16-7-5-4-6-15(16)18-12(2)13-8-10-14(17)11-9-13/h4-12,18H,3H2,1-2H3. The lowest BCUT2D eigenvalue weighted by atomic mass is 10.1. The fourth-order valence-corrected chi connectivity index (χ4v) is 3.14. The van der Waals surface area contributed by atoms with Crippen LogP contribution in [0.5, 0.6) is 0 Å². The fourth-order valence-electron chi connectivity index (χ4n) is 2.08. The topological polar surface area (TPSA) is 46.2 Å². The van der Waals surface area contributed by atoms with E-state index < -0.39 is 9.84 Å². The van der Waals surface area contributed by atoms with Crippen molar-refractivity contribution < 1.29 is 12.8 Å². The van der Waals surface area contributed by atoms with E-state index in [0.29, 0.717) is 10.6 Å². The third-order valence-electron chi connectivity index (χ3n) is 3.34. The molecule has 0 bridgehead atoms. The Balaban J connectivity index is 2.30. The molecular weight excluding hydrogens is 289 g/mol. The zero-order chi connectivity index (χ0) is 15.5. The summed E-state index contributed by atoms with van der Waals surface area (Å²) in [7, 11) is -3.29. The summed E-state index contributed by atoms with van der Waals surface area (Å²) in [5, 5.41) is 3.19. The monoisotopic (exact) mass is 307 g/mol. The molecule has 0 aliphatic carbocycles. The number of hydrogen-bond donors (Lipinski definition) is 1. The maximum absolute atomic E-state index is 12.9. The van der Waals surface area contributed by atoms with E-state index >= 15 is 0 Å². The van der Waals surface area contributed by atoms with Gasteiger partial charge in [0, 0.05) is 6.04 Å². The van der Waals surface area contributed by atoms with Crippen LogP contribution in [0.2, 0.25) is 0 Å². The van der Waals surface area contributed by atoms with Crippen LogP contribution in [0.3, 0.4) is 0 Å². The van der Waals surface area contributed by atoms with Gasteiger partial charge in [-0.15, -0.1) is 0 Å². The van der Waals surface area contributed by atoms with Crippen LogP contribution in [-0.4, -0.2) is 14.2 Å². The smallest absolute Gasteiger partial charge is 0.180 e. The molecule has 112 valence electrons. The molecular formula is C16H18FNO2S. The maximum atomic E-state index is 12.9. The molecule has 0 radical (unpaired) electrons. The van der Waals surface area contributed by atoms with Gasteiger partial charge in [-0.25, -0.2) is 12.8 Å². The van der Waals surface area contributed by atoms with E-state index in [9.17, 15) is 12.8 Å². The van der Waals surface area contributed by atoms with Gasteiger partial charge in [0.2, 0.25) is 0 Å². The molecule has 2 aromatic rings. The summed E-state index contributed by atoms with van der Waals surface area (Å²) in [6.45, 7) is 3.53. The van der Waals surface area contributed by atoms with Gasteiger partial charge in [-0.2, -0.15) is 0 Å². The lowest BCUT2D eigenvalue weighted by molar-refractivity contribution is 0.597. The fraction of sp³-hybridized carbons (Fsp3) is 0.250. The highest BCUT2D eigenvalue weighted by Crippen LogP contribution is 2.26. The molecule has 0 aliphatic rings. The molecule has 0 fully saturated rings. The first-order valence-corrected chi connectivity index (χ1v) is 8.43. The molecule has 3 nitrogen and oxygen atoms in total. The van der Waals surface area contributed by atoms with Crippen LogP contribution >= 0.6 is 0 Å². The molecule has 0 saturated carbocycles. The van der Waals surface area contributed by atoms with E-state index in [4.69, 9.17) is 0 Å². The second-order valence-electron chi connectivity index (χ2n) is 4.82. The number of hydrogen-bond acceptors (Lipinski definition) is 3. The van der Waals surface area contributed by atoms with Gasteiger partial charge < -0.3 is 5.32 Å². The lowest BCUT2D eigenvalue weighted by Crippen LogP contribution is -2.12. The van der Waals surface area contributed by atoms with Crippen LogP contribution in [0.1, 0.15) is 25.5 Å². The van der Waals surface area contributed by atoms with Crippen molar-refractivity contribution >= 4 is 15.5 Å². The summed E-state index contributed by atoms with van der Waals surface area (Å²) in [6.07, 6.45) is 0. The van der Waals surface area contributed by atoms with Crippen molar-refractivity contribution in [1.29, 1.82) is 0 Å². The number of anilines is 1. The third kappa shape index (κ3) is 3.61. The molecule has 0 amide bonds. The van der Waals surface area contributed by atoms with Crippen LogP contribution in [0, 0.1) is 5.82 Å². The van der Waals surface area contributed by atoms with E-state index in [1.165, 1.54) is 12.1 Å². The summed E-state index contributed by atoms with van der Waals surface area (Å²) in [4.78, 5) is 0.293. The second kappa shape index (κ2) is 6.26. The Hall–Kier alpha value is -1.88. The Bertz CT molecular complexity index is 711. The third-order valence-corrected chi connectivity index (χ3v) is 5.13. The molecule has 1 atom stereocenters. The predicted octanol–water partition coefficient (Wildman–Crippen LogP) is 3.79. The average Bonchev–Trinajstić information content (AvgIpc) is 2.48. The summed E-state index contributed by atoms with van der Waals surface area (Å²) in [5.41, 5.74) is 1.45. The first-order valence-electron chi connectivity index (χ1n) is 6.78. The van der Waals surface area contributed by atoms with Crippen LogP contribution < -0.4 is 5.32 Å². The van der Waals surface area contributed by atoms with E-state index in [2.05, 4.69) is 5.32 Å². The van der Waals surface area contributed by atoms with E-state index in [1.807, 2.05) is 6.92 Å². The van der Waals surface area contributed by atoms with E-state index in [0.717, 1.165) is 5.56 Å². The predicted molar refractivity (Wildman–Crippen MR) is 82.6 cm³/mol. The van der Waals surface area contributed by atoms with E-state index in [-0.39, 0.29) is 17.6 Å². The largest absolute Gasteiger partial charge is 0.377 e. The quantitative estimate of drug-likeness (QED) is 0.914. The molecule has 2 rings (SSSR count). The number of benzene rings is 2. The van der Waals surface area contributed by atoms with Gasteiger partial charge in [-0.1, -0.05) is 31.2 Å². The molecule has 0 saturated heterocycles. The second-order valence-corrected chi connectivity index (χ2v) is 7.06. The van der Waals surface area contributed by atoms with Gasteiger partial charge in [0.1, 0.15) is 5.82 Å². The summed E-state index contributed by atoms with van der Waals surface area (Å²) in [6, 6.07) is 12.9. The maximum Gasteiger partial charge on any atom is 0.180 e. The van der Waals surface area contributed by atoms with Crippen molar-refractivity contribution in [3.05, 3.63) is 59.9 Å². The average molecular weight is 307 g/mol. The Morgan fingerprint density at radius 1 is 1.10 bits per heavy atom. The molecule has 1 N–H and O–H groups in total. The van der Waals surface area contributed by atoms with Crippen molar-refractivity contribution in [3.8, 4) is 0 Å². The molecule has 1 unspecified atom stereocenters. The molecule has 0 aliphatic heterocycles. The van der Waals surface area contributed by atoms with Gasteiger partial charge >= 0.3 is 0 Å². The summed E-state index contributed by atoms with van der Waals surface area (Å²) < 4.78 is 37.1. The zero-order valence-corrected chi connectivity index (χ0v) is 12.8. The normalized spacial score (nSPS) is 12.9. The van der Waals surface area contributed by atoms with Crippen LogP contribution in [0.15, 0.2) is 53.4 Å². The van der Waals surface area contributed by atoms with Crippen LogP contribution in [0.4, 0.5) is 10.1 Å². The number of para-hydroxylation sites is 1. The highest BCUT2D eigenvalue weighted by Gasteiger charge is 2.17. The minimum absolute atomic E-state index is 0.0522. The Kier molecular flexibility index (Phi) is 4.63. The van der Waals surface area contributed by atoms with Crippen LogP contribution in [0.25, 0.3) is 0 Å². The molecule has 0 aromatic heterocycles. The number of rotatable bonds is 5. The van der Waals surface area contributed by atoms with Crippen LogP contribution in [-0.2, 0) is 9.84 Å². The van der Waals surface area contributed by atoms with Gasteiger partial charge in [0.05, 0.1) is 16.3 Å². The highest BCUT2D eigenvalue weighted by molar-refractivity contribution is 7.91. The first-order chi connectivity index (χ1) is 9.94. The summed E-state index contributed by atoms with van der Waals surface area (Å²) >= 11 is 0. The SMILES string of the molecule is CCS(=O)(=O)c1ccccc1NC(C)c1ccc(F)cc1. The highest BCUT2D eigenvalue weighted by atomic mass is 32.2. The lowest BCUT2D eigenvalue weighted by Gasteiger charge is -2.18. The van der Waals surface area contributed by atoms with Gasteiger partial charge in [0.25, 0.3) is 0 Å². The molecule has 0 spiro atoms.